The SMILES string of the molecule is Cc1ccc2c(c1)CCC2NS(=O)(=O)Cc1ccccc1. The molecule has 21 heavy (non-hydrogen) atoms. The summed E-state index contributed by atoms with van der Waals surface area (Å²) in [4.78, 5) is 0. The van der Waals surface area contributed by atoms with Crippen LogP contribution in [-0.2, 0) is 22.2 Å². The zero-order valence-corrected chi connectivity index (χ0v) is 12.9. The Bertz CT molecular complexity index is 739. The van der Waals surface area contributed by atoms with Gasteiger partial charge in [-0.3, -0.25) is 0 Å². The van der Waals surface area contributed by atoms with Crippen molar-refractivity contribution in [1.82, 2.24) is 4.72 Å². The fourth-order valence-corrected chi connectivity index (χ4v) is 4.31. The average molecular weight is 301 g/mol. The third kappa shape index (κ3) is 3.34. The Labute approximate surface area is 126 Å². The normalized spacial score (nSPS) is 17.7. The van der Waals surface area contributed by atoms with Crippen molar-refractivity contribution in [2.75, 3.05) is 0 Å². The van der Waals surface area contributed by atoms with Crippen LogP contribution in [-0.4, -0.2) is 8.42 Å². The van der Waals surface area contributed by atoms with Gasteiger partial charge in [0.2, 0.25) is 10.0 Å². The number of nitrogens with one attached hydrogen (secondary N) is 1. The molecule has 3 rings (SSSR count). The van der Waals surface area contributed by atoms with E-state index in [9.17, 15) is 8.42 Å². The molecule has 1 atom stereocenters. The van der Waals surface area contributed by atoms with Gasteiger partial charge in [0.15, 0.2) is 0 Å². The number of hydrogen-bond acceptors (Lipinski definition) is 2. The third-order valence-corrected chi connectivity index (χ3v) is 5.25. The summed E-state index contributed by atoms with van der Waals surface area (Å²) in [5.74, 6) is 0.0333. The molecule has 2 aromatic carbocycles. The van der Waals surface area contributed by atoms with Gasteiger partial charge in [-0.2, -0.15) is 0 Å². The molecule has 0 bridgehead atoms. The lowest BCUT2D eigenvalue weighted by Gasteiger charge is -2.14. The van der Waals surface area contributed by atoms with Crippen molar-refractivity contribution in [2.24, 2.45) is 0 Å². The highest BCUT2D eigenvalue weighted by molar-refractivity contribution is 7.88. The van der Waals surface area contributed by atoms with Gasteiger partial charge in [-0.05, 0) is 36.5 Å². The van der Waals surface area contributed by atoms with Gasteiger partial charge in [0.25, 0.3) is 0 Å². The minimum Gasteiger partial charge on any atom is -0.212 e. The number of hydrogen-bond donors (Lipinski definition) is 1. The highest BCUT2D eigenvalue weighted by atomic mass is 32.2. The molecule has 0 saturated heterocycles. The molecule has 0 aromatic heterocycles. The van der Waals surface area contributed by atoms with Crippen LogP contribution >= 0.6 is 0 Å². The van der Waals surface area contributed by atoms with Crippen molar-refractivity contribution >= 4 is 10.0 Å². The fourth-order valence-electron chi connectivity index (χ4n) is 2.92. The standard InChI is InChI=1S/C17H19NO2S/c1-13-7-9-16-15(11-13)8-10-17(16)18-21(19,20)12-14-5-3-2-4-6-14/h2-7,9,11,17-18H,8,10,12H2,1H3. The summed E-state index contributed by atoms with van der Waals surface area (Å²) < 4.78 is 27.5. The minimum atomic E-state index is -3.32. The van der Waals surface area contributed by atoms with Gasteiger partial charge in [-0.15, -0.1) is 0 Å². The summed E-state index contributed by atoms with van der Waals surface area (Å²) in [6, 6.07) is 15.4. The fraction of sp³-hybridized carbons (Fsp3) is 0.294. The molecule has 0 amide bonds. The first-order valence-electron chi connectivity index (χ1n) is 7.17. The Hall–Kier alpha value is -1.65. The van der Waals surface area contributed by atoms with Crippen molar-refractivity contribution in [2.45, 2.75) is 31.6 Å². The van der Waals surface area contributed by atoms with Crippen LogP contribution in [0.1, 0.15) is 34.7 Å². The Balaban J connectivity index is 1.76. The molecule has 4 heteroatoms. The van der Waals surface area contributed by atoms with Crippen molar-refractivity contribution in [3.05, 3.63) is 70.8 Å². The van der Waals surface area contributed by atoms with Gasteiger partial charge in [0.1, 0.15) is 0 Å². The van der Waals surface area contributed by atoms with E-state index in [0.29, 0.717) is 0 Å². The molecule has 2 aromatic rings. The van der Waals surface area contributed by atoms with E-state index in [1.54, 1.807) is 0 Å². The van der Waals surface area contributed by atoms with Crippen molar-refractivity contribution in [3.63, 3.8) is 0 Å². The maximum absolute atomic E-state index is 12.3. The van der Waals surface area contributed by atoms with Crippen LogP contribution in [0, 0.1) is 6.92 Å². The lowest BCUT2D eigenvalue weighted by Crippen LogP contribution is -2.28. The van der Waals surface area contributed by atoms with Crippen LogP contribution in [0.3, 0.4) is 0 Å². The summed E-state index contributed by atoms with van der Waals surface area (Å²) in [7, 11) is -3.32. The number of rotatable bonds is 4. The second-order valence-corrected chi connectivity index (χ2v) is 7.41. The zero-order valence-electron chi connectivity index (χ0n) is 12.0. The lowest BCUT2D eigenvalue weighted by atomic mass is 10.1. The summed E-state index contributed by atoms with van der Waals surface area (Å²) in [5, 5.41) is 0. The van der Waals surface area contributed by atoms with E-state index < -0.39 is 10.0 Å². The second kappa shape index (κ2) is 5.62. The first-order valence-corrected chi connectivity index (χ1v) is 8.82. The molecule has 0 spiro atoms. The average Bonchev–Trinajstić information content (AvgIpc) is 2.81. The monoisotopic (exact) mass is 301 g/mol. The van der Waals surface area contributed by atoms with Gasteiger partial charge in [-0.25, -0.2) is 13.1 Å². The molecular weight excluding hydrogens is 282 g/mol. The Morgan fingerprint density at radius 3 is 2.67 bits per heavy atom. The van der Waals surface area contributed by atoms with Crippen molar-refractivity contribution < 1.29 is 8.42 Å². The molecule has 0 aliphatic heterocycles. The predicted molar refractivity (Wildman–Crippen MR) is 84.4 cm³/mol. The molecule has 0 radical (unpaired) electrons. The van der Waals surface area contributed by atoms with Crippen LogP contribution in [0.2, 0.25) is 0 Å². The highest BCUT2D eigenvalue weighted by Crippen LogP contribution is 2.32. The van der Waals surface area contributed by atoms with Crippen LogP contribution in [0.5, 0.6) is 0 Å². The van der Waals surface area contributed by atoms with E-state index >= 15 is 0 Å². The third-order valence-electron chi connectivity index (χ3n) is 3.90. The van der Waals surface area contributed by atoms with Crippen LogP contribution in [0.25, 0.3) is 0 Å². The lowest BCUT2D eigenvalue weighted by molar-refractivity contribution is 0.553. The van der Waals surface area contributed by atoms with Gasteiger partial charge >= 0.3 is 0 Å². The zero-order chi connectivity index (χ0) is 14.9. The first kappa shape index (κ1) is 14.3. The summed E-state index contributed by atoms with van der Waals surface area (Å²) in [6.07, 6.45) is 1.78. The van der Waals surface area contributed by atoms with Crippen molar-refractivity contribution in [1.29, 1.82) is 0 Å². The number of fused-ring (bicyclic) bond motifs is 1. The largest absolute Gasteiger partial charge is 0.216 e. The predicted octanol–water partition coefficient (Wildman–Crippen LogP) is 3.10. The molecule has 1 N–H and O–H groups in total. The molecule has 1 aliphatic carbocycles. The van der Waals surface area contributed by atoms with E-state index in [1.165, 1.54) is 11.1 Å². The van der Waals surface area contributed by atoms with Gasteiger partial charge < -0.3 is 0 Å². The van der Waals surface area contributed by atoms with Crippen molar-refractivity contribution in [3.8, 4) is 0 Å². The van der Waals surface area contributed by atoms with Gasteiger partial charge in [-0.1, -0.05) is 54.1 Å². The molecule has 1 aliphatic rings. The van der Waals surface area contributed by atoms with Crippen LogP contribution in [0.15, 0.2) is 48.5 Å². The summed E-state index contributed by atoms with van der Waals surface area (Å²) in [5.41, 5.74) is 4.42. The molecule has 0 heterocycles. The number of sulfonamides is 1. The summed E-state index contributed by atoms with van der Waals surface area (Å²) in [6.45, 7) is 2.06. The van der Waals surface area contributed by atoms with Gasteiger partial charge in [0, 0.05) is 6.04 Å². The minimum absolute atomic E-state index is 0.0333. The second-order valence-electron chi connectivity index (χ2n) is 5.66. The first-order chi connectivity index (χ1) is 10.0. The van der Waals surface area contributed by atoms with E-state index in [2.05, 4.69) is 17.7 Å². The van der Waals surface area contributed by atoms with Crippen LogP contribution < -0.4 is 4.72 Å². The number of aryl methyl sites for hydroxylation is 2. The molecular formula is C17H19NO2S. The quantitative estimate of drug-likeness (QED) is 0.943. The molecule has 1 unspecified atom stereocenters. The smallest absolute Gasteiger partial charge is 0.212 e. The summed E-state index contributed by atoms with van der Waals surface area (Å²) >= 11 is 0. The topological polar surface area (TPSA) is 46.2 Å². The van der Waals surface area contributed by atoms with E-state index in [4.69, 9.17) is 0 Å². The molecule has 0 saturated carbocycles. The van der Waals surface area contributed by atoms with E-state index in [0.717, 1.165) is 24.0 Å². The Morgan fingerprint density at radius 2 is 1.90 bits per heavy atom. The van der Waals surface area contributed by atoms with Crippen LogP contribution in [0.4, 0.5) is 0 Å². The van der Waals surface area contributed by atoms with Gasteiger partial charge in [0.05, 0.1) is 5.75 Å². The van der Waals surface area contributed by atoms with E-state index in [-0.39, 0.29) is 11.8 Å². The maximum atomic E-state index is 12.3. The van der Waals surface area contributed by atoms with E-state index in [1.807, 2.05) is 42.5 Å². The maximum Gasteiger partial charge on any atom is 0.216 e. The Kier molecular flexibility index (Phi) is 3.83. The Morgan fingerprint density at radius 1 is 1.14 bits per heavy atom. The molecule has 110 valence electrons. The molecule has 0 fully saturated rings. The molecule has 3 nitrogen and oxygen atoms in total. The number of benzene rings is 2. The highest BCUT2D eigenvalue weighted by Gasteiger charge is 2.26.